The number of thiophene rings is 1. The van der Waals surface area contributed by atoms with Gasteiger partial charge in [-0.3, -0.25) is 10.3 Å². The Hall–Kier alpha value is -0.400. The minimum Gasteiger partial charge on any atom is -0.395 e. The van der Waals surface area contributed by atoms with Gasteiger partial charge < -0.3 is 5.11 Å². The van der Waals surface area contributed by atoms with E-state index in [1.165, 1.54) is 9.09 Å². The molecule has 2 heterocycles. The molecule has 6 heteroatoms. The molecule has 0 aliphatic rings. The number of aromatic nitrogens is 1. The average molecular weight is 286 g/mol. The lowest BCUT2D eigenvalue weighted by Gasteiger charge is -2.20. The van der Waals surface area contributed by atoms with Crippen LogP contribution < -0.4 is 5.32 Å². The van der Waals surface area contributed by atoms with Crippen molar-refractivity contribution in [1.29, 1.82) is 0 Å². The molecular weight excluding hydrogens is 272 g/mol. The third-order valence-electron chi connectivity index (χ3n) is 2.16. The van der Waals surface area contributed by atoms with Crippen molar-refractivity contribution in [3.05, 3.63) is 34.1 Å². The van der Waals surface area contributed by atoms with Gasteiger partial charge >= 0.3 is 0 Å². The van der Waals surface area contributed by atoms with Crippen LogP contribution in [-0.4, -0.2) is 22.7 Å². The second-order valence-electron chi connectivity index (χ2n) is 3.58. The molecule has 0 saturated heterocycles. The number of nitrogens with zero attached hydrogens (tertiary/aromatic N) is 1. The largest absolute Gasteiger partial charge is 0.395 e. The Morgan fingerprint density at radius 3 is 3.00 bits per heavy atom. The topological polar surface area (TPSA) is 45.1 Å². The van der Waals surface area contributed by atoms with Gasteiger partial charge in [0.05, 0.1) is 27.9 Å². The molecule has 92 valence electrons. The van der Waals surface area contributed by atoms with Crippen LogP contribution in [0.4, 0.5) is 0 Å². The summed E-state index contributed by atoms with van der Waals surface area (Å²) < 4.78 is 1.18. The maximum Gasteiger partial charge on any atom is 0.0940 e. The molecule has 0 amide bonds. The number of aliphatic hydroxyl groups excluding tert-OH is 1. The van der Waals surface area contributed by atoms with Crippen molar-refractivity contribution in [2.24, 2.45) is 0 Å². The van der Waals surface area contributed by atoms with Gasteiger partial charge in [0.1, 0.15) is 0 Å². The van der Waals surface area contributed by atoms with Crippen molar-refractivity contribution >= 4 is 34.4 Å². The highest BCUT2D eigenvalue weighted by molar-refractivity contribution is 8.01. The molecule has 1 unspecified atom stereocenters. The number of nitrogens with one attached hydrogen (secondary N) is 1. The first-order chi connectivity index (χ1) is 8.29. The van der Waals surface area contributed by atoms with Gasteiger partial charge in [-0.1, -0.05) is 17.8 Å². The Bertz CT molecular complexity index is 416. The molecule has 0 aliphatic heterocycles. The highest BCUT2D eigenvalue weighted by Crippen LogP contribution is 2.37. The van der Waals surface area contributed by atoms with Crippen LogP contribution in [0.5, 0.6) is 0 Å². The molecule has 0 aromatic carbocycles. The number of aliphatic hydroxyl groups is 1. The number of hydrogen-bond donors (Lipinski definition) is 2. The maximum atomic E-state index is 9.13. The molecule has 0 bridgehead atoms. The van der Waals surface area contributed by atoms with Gasteiger partial charge in [-0.25, -0.2) is 0 Å². The molecule has 0 radical (unpaired) electrons. The fourth-order valence-electron chi connectivity index (χ4n) is 1.30. The van der Waals surface area contributed by atoms with Crippen molar-refractivity contribution < 1.29 is 5.11 Å². The molecule has 0 saturated carbocycles. The summed E-state index contributed by atoms with van der Waals surface area (Å²) in [6, 6.07) is 4.24. The molecule has 2 aromatic rings. The first-order valence-electron chi connectivity index (χ1n) is 5.25. The van der Waals surface area contributed by atoms with Crippen LogP contribution in [0, 0.1) is 0 Å². The Morgan fingerprint density at radius 1 is 1.53 bits per heavy atom. The predicted octanol–water partition coefficient (Wildman–Crippen LogP) is 2.97. The second kappa shape index (κ2) is 6.51. The molecule has 0 spiro atoms. The van der Waals surface area contributed by atoms with E-state index in [0.29, 0.717) is 0 Å². The Kier molecular flexibility index (Phi) is 4.99. The molecular formula is C11H14N2OS3. The minimum absolute atomic E-state index is 0.0857. The van der Waals surface area contributed by atoms with E-state index in [9.17, 15) is 0 Å². The standard InChI is InChI=1S/C11H14N2OS3/c1-8(6-14)13-11(9-3-2-4-15-9)17-10-5-12-7-16-10/h2-5,7-8,11,13-14H,6H2,1H3/t8-,11?/m1/s1. The molecule has 2 rings (SSSR count). The summed E-state index contributed by atoms with van der Waals surface area (Å²) in [4.78, 5) is 5.35. The van der Waals surface area contributed by atoms with Gasteiger partial charge in [0.25, 0.3) is 0 Å². The first kappa shape index (κ1) is 13.0. The molecule has 0 aliphatic carbocycles. The smallest absolute Gasteiger partial charge is 0.0940 e. The first-order valence-corrected chi connectivity index (χ1v) is 7.89. The SMILES string of the molecule is C[C@H](CO)NC(Sc1cncs1)c1cccs1. The van der Waals surface area contributed by atoms with Crippen LogP contribution in [0.2, 0.25) is 0 Å². The third kappa shape index (κ3) is 3.79. The zero-order valence-corrected chi connectivity index (χ0v) is 11.8. The molecule has 2 aromatic heterocycles. The van der Waals surface area contributed by atoms with E-state index in [0.717, 1.165) is 0 Å². The summed E-state index contributed by atoms with van der Waals surface area (Å²) in [7, 11) is 0. The van der Waals surface area contributed by atoms with Gasteiger partial charge in [0, 0.05) is 10.9 Å². The molecule has 2 atom stereocenters. The molecule has 17 heavy (non-hydrogen) atoms. The highest BCUT2D eigenvalue weighted by Gasteiger charge is 2.17. The van der Waals surface area contributed by atoms with Crippen molar-refractivity contribution in [3.63, 3.8) is 0 Å². The van der Waals surface area contributed by atoms with E-state index >= 15 is 0 Å². The van der Waals surface area contributed by atoms with Crippen LogP contribution in [0.1, 0.15) is 17.2 Å². The van der Waals surface area contributed by atoms with Crippen molar-refractivity contribution in [2.75, 3.05) is 6.61 Å². The number of rotatable bonds is 6. The Balaban J connectivity index is 2.07. The van der Waals surface area contributed by atoms with E-state index in [2.05, 4.69) is 21.7 Å². The monoisotopic (exact) mass is 286 g/mol. The maximum absolute atomic E-state index is 9.13. The van der Waals surface area contributed by atoms with Crippen molar-refractivity contribution in [3.8, 4) is 0 Å². The van der Waals surface area contributed by atoms with Crippen molar-refractivity contribution in [1.82, 2.24) is 10.3 Å². The second-order valence-corrected chi connectivity index (χ2v) is 6.86. The number of thioether (sulfide) groups is 1. The summed E-state index contributed by atoms with van der Waals surface area (Å²) in [6.45, 7) is 2.12. The van der Waals surface area contributed by atoms with Gasteiger partial charge in [-0.05, 0) is 18.4 Å². The van der Waals surface area contributed by atoms with E-state index in [1.807, 2.05) is 24.7 Å². The van der Waals surface area contributed by atoms with E-state index in [1.54, 1.807) is 34.4 Å². The van der Waals surface area contributed by atoms with Crippen LogP contribution in [0.15, 0.2) is 33.4 Å². The summed E-state index contributed by atoms with van der Waals surface area (Å²) in [5.41, 5.74) is 1.84. The molecule has 0 fully saturated rings. The lowest BCUT2D eigenvalue weighted by molar-refractivity contribution is 0.250. The van der Waals surface area contributed by atoms with Gasteiger partial charge in [-0.2, -0.15) is 0 Å². The lowest BCUT2D eigenvalue weighted by atomic mass is 10.3. The van der Waals surface area contributed by atoms with Crippen LogP contribution >= 0.6 is 34.4 Å². The Morgan fingerprint density at radius 2 is 2.41 bits per heavy atom. The van der Waals surface area contributed by atoms with Gasteiger partial charge in [0.15, 0.2) is 0 Å². The van der Waals surface area contributed by atoms with Gasteiger partial charge in [-0.15, -0.1) is 22.7 Å². The molecule has 3 nitrogen and oxygen atoms in total. The van der Waals surface area contributed by atoms with E-state index in [4.69, 9.17) is 5.11 Å². The fraction of sp³-hybridized carbons (Fsp3) is 0.364. The zero-order chi connectivity index (χ0) is 12.1. The Labute approximate surface area is 113 Å². The van der Waals surface area contributed by atoms with Crippen LogP contribution in [-0.2, 0) is 0 Å². The minimum atomic E-state index is 0.0857. The summed E-state index contributed by atoms with van der Waals surface area (Å²) in [6.07, 6.45) is 1.88. The van der Waals surface area contributed by atoms with Crippen LogP contribution in [0.3, 0.4) is 0 Å². The predicted molar refractivity (Wildman–Crippen MR) is 74.7 cm³/mol. The third-order valence-corrected chi connectivity index (χ3v) is 5.35. The summed E-state index contributed by atoms with van der Waals surface area (Å²) in [5.74, 6) is 0. The average Bonchev–Trinajstić information content (AvgIpc) is 3.00. The fourth-order valence-corrected chi connectivity index (χ4v) is 4.11. The normalized spacial score (nSPS) is 14.7. The van der Waals surface area contributed by atoms with Crippen molar-refractivity contribution in [2.45, 2.75) is 22.5 Å². The summed E-state index contributed by atoms with van der Waals surface area (Å²) >= 11 is 5.10. The quantitative estimate of drug-likeness (QED) is 0.633. The van der Waals surface area contributed by atoms with Gasteiger partial charge in [0.2, 0.25) is 0 Å². The number of hydrogen-bond acceptors (Lipinski definition) is 6. The van der Waals surface area contributed by atoms with Crippen LogP contribution in [0.25, 0.3) is 0 Å². The summed E-state index contributed by atoms with van der Waals surface area (Å²) in [5, 5.41) is 14.8. The lowest BCUT2D eigenvalue weighted by Crippen LogP contribution is -2.31. The zero-order valence-electron chi connectivity index (χ0n) is 9.37. The van der Waals surface area contributed by atoms with E-state index < -0.39 is 0 Å². The van der Waals surface area contributed by atoms with E-state index in [-0.39, 0.29) is 18.0 Å². The highest BCUT2D eigenvalue weighted by atomic mass is 32.2. The molecule has 2 N–H and O–H groups in total. The number of thiazole rings is 1.